The van der Waals surface area contributed by atoms with Crippen molar-refractivity contribution in [2.24, 2.45) is 0 Å². The number of hydrogen-bond acceptors (Lipinski definition) is 5. The number of carbonyl (C=O) groups excluding carboxylic acids is 1. The van der Waals surface area contributed by atoms with Crippen LogP contribution >= 0.6 is 0 Å². The second kappa shape index (κ2) is 4.61. The molecule has 2 rings (SSSR count). The van der Waals surface area contributed by atoms with Crippen molar-refractivity contribution in [3.63, 3.8) is 0 Å². The number of hydrogen-bond donors (Lipinski definition) is 1. The predicted octanol–water partition coefficient (Wildman–Crippen LogP) is 0.0763. The molecule has 1 aliphatic rings. The second-order valence-corrected chi connectivity index (χ2v) is 3.97. The number of aliphatic hydroxyl groups excluding tert-OH is 1. The summed E-state index contributed by atoms with van der Waals surface area (Å²) in [6, 6.07) is 0. The van der Waals surface area contributed by atoms with Crippen LogP contribution in [0.5, 0.6) is 0 Å². The van der Waals surface area contributed by atoms with E-state index in [1.54, 1.807) is 11.8 Å². The molecule has 0 unspecified atom stereocenters. The third kappa shape index (κ3) is 2.21. The van der Waals surface area contributed by atoms with Gasteiger partial charge in [0.15, 0.2) is 0 Å². The number of aliphatic hydroxyl groups is 1. The topological polar surface area (TPSA) is 79.5 Å². The van der Waals surface area contributed by atoms with Gasteiger partial charge >= 0.3 is 0 Å². The maximum absolute atomic E-state index is 11.2. The minimum absolute atomic E-state index is 0.208. The maximum Gasteiger partial charge on any atom is 0.248 e. The quantitative estimate of drug-likeness (QED) is 0.770. The summed E-state index contributed by atoms with van der Waals surface area (Å²) in [6.07, 6.45) is 1.63. The molecule has 0 aliphatic carbocycles. The molecule has 1 fully saturated rings. The van der Waals surface area contributed by atoms with E-state index < -0.39 is 6.61 Å². The van der Waals surface area contributed by atoms with E-state index >= 15 is 0 Å². The fourth-order valence-corrected chi connectivity index (χ4v) is 1.95. The molecule has 1 aromatic rings. The Bertz CT molecular complexity index is 369. The molecule has 1 N–H and O–H groups in total. The molecule has 6 heteroatoms. The number of rotatable bonds is 2. The van der Waals surface area contributed by atoms with Crippen LogP contribution in [0.25, 0.3) is 0 Å². The van der Waals surface area contributed by atoms with E-state index in [4.69, 9.17) is 9.52 Å². The first-order valence-corrected chi connectivity index (χ1v) is 5.39. The smallest absolute Gasteiger partial charge is 0.248 e. The summed E-state index contributed by atoms with van der Waals surface area (Å²) >= 11 is 0. The molecule has 2 heterocycles. The zero-order valence-electron chi connectivity index (χ0n) is 9.22. The molecule has 88 valence electrons. The van der Waals surface area contributed by atoms with Crippen LogP contribution in [-0.2, 0) is 4.79 Å². The lowest BCUT2D eigenvalue weighted by Gasteiger charge is -2.29. The SMILES string of the molecule is Cc1nnc(C2CCN(C(=O)CO)CC2)o1. The van der Waals surface area contributed by atoms with Gasteiger partial charge in [-0.25, -0.2) is 0 Å². The Morgan fingerprint density at radius 1 is 1.50 bits per heavy atom. The van der Waals surface area contributed by atoms with Crippen LogP contribution in [0.15, 0.2) is 4.42 Å². The molecule has 0 spiro atoms. The highest BCUT2D eigenvalue weighted by atomic mass is 16.4. The van der Waals surface area contributed by atoms with Gasteiger partial charge in [0.1, 0.15) is 6.61 Å². The third-order valence-electron chi connectivity index (χ3n) is 2.87. The van der Waals surface area contributed by atoms with Crippen LogP contribution < -0.4 is 0 Å². The normalized spacial score (nSPS) is 17.8. The first-order valence-electron chi connectivity index (χ1n) is 5.39. The summed E-state index contributed by atoms with van der Waals surface area (Å²) in [7, 11) is 0. The van der Waals surface area contributed by atoms with Gasteiger partial charge in [-0.1, -0.05) is 0 Å². The zero-order chi connectivity index (χ0) is 11.5. The molecular formula is C10H15N3O3. The van der Waals surface area contributed by atoms with Gasteiger partial charge in [0.2, 0.25) is 17.7 Å². The molecule has 1 aliphatic heterocycles. The van der Waals surface area contributed by atoms with Gasteiger partial charge in [-0.3, -0.25) is 4.79 Å². The van der Waals surface area contributed by atoms with Gasteiger partial charge in [0.05, 0.1) is 0 Å². The molecule has 1 saturated heterocycles. The predicted molar refractivity (Wildman–Crippen MR) is 54.7 cm³/mol. The number of likely N-dealkylation sites (tertiary alicyclic amines) is 1. The zero-order valence-corrected chi connectivity index (χ0v) is 9.22. The van der Waals surface area contributed by atoms with Gasteiger partial charge < -0.3 is 14.4 Å². The first-order chi connectivity index (χ1) is 7.70. The molecule has 0 radical (unpaired) electrons. The maximum atomic E-state index is 11.2. The van der Waals surface area contributed by atoms with E-state index in [0.717, 1.165) is 12.8 Å². The molecule has 0 aromatic carbocycles. The summed E-state index contributed by atoms with van der Waals surface area (Å²) in [5.41, 5.74) is 0. The number of nitrogens with zero attached hydrogens (tertiary/aromatic N) is 3. The lowest BCUT2D eigenvalue weighted by Crippen LogP contribution is -2.39. The van der Waals surface area contributed by atoms with Crippen LogP contribution in [0.3, 0.4) is 0 Å². The Balaban J connectivity index is 1.92. The number of amides is 1. The highest BCUT2D eigenvalue weighted by Gasteiger charge is 2.26. The molecule has 0 bridgehead atoms. The van der Waals surface area contributed by atoms with Crippen molar-refractivity contribution in [2.75, 3.05) is 19.7 Å². The number of aromatic nitrogens is 2. The minimum Gasteiger partial charge on any atom is -0.425 e. The van der Waals surface area contributed by atoms with Crippen molar-refractivity contribution in [1.82, 2.24) is 15.1 Å². The summed E-state index contributed by atoms with van der Waals surface area (Å²) in [6.45, 7) is 2.64. The lowest BCUT2D eigenvalue weighted by atomic mass is 9.97. The Hall–Kier alpha value is -1.43. The average Bonchev–Trinajstić information content (AvgIpc) is 2.75. The molecule has 6 nitrogen and oxygen atoms in total. The Labute approximate surface area is 93.3 Å². The van der Waals surface area contributed by atoms with Gasteiger partial charge in [-0.05, 0) is 12.8 Å². The van der Waals surface area contributed by atoms with E-state index in [2.05, 4.69) is 10.2 Å². The monoisotopic (exact) mass is 225 g/mol. The van der Waals surface area contributed by atoms with Crippen LogP contribution in [0, 0.1) is 6.92 Å². The summed E-state index contributed by atoms with van der Waals surface area (Å²) < 4.78 is 5.37. The van der Waals surface area contributed by atoms with E-state index in [9.17, 15) is 4.79 Å². The van der Waals surface area contributed by atoms with E-state index in [-0.39, 0.29) is 11.8 Å². The van der Waals surface area contributed by atoms with Gasteiger partial charge in [-0.15, -0.1) is 10.2 Å². The molecular weight excluding hydrogens is 210 g/mol. The summed E-state index contributed by atoms with van der Waals surface area (Å²) in [5, 5.41) is 16.5. The van der Waals surface area contributed by atoms with E-state index in [1.165, 1.54) is 0 Å². The first kappa shape index (κ1) is 11.1. The third-order valence-corrected chi connectivity index (χ3v) is 2.87. The van der Waals surface area contributed by atoms with Gasteiger partial charge in [0.25, 0.3) is 0 Å². The van der Waals surface area contributed by atoms with Crippen LogP contribution in [0.1, 0.15) is 30.5 Å². The van der Waals surface area contributed by atoms with Crippen molar-refractivity contribution in [3.8, 4) is 0 Å². The number of aryl methyl sites for hydroxylation is 1. The van der Waals surface area contributed by atoms with Gasteiger partial charge in [-0.2, -0.15) is 0 Å². The van der Waals surface area contributed by atoms with Gasteiger partial charge in [0, 0.05) is 25.9 Å². The number of piperidine rings is 1. The second-order valence-electron chi connectivity index (χ2n) is 3.97. The van der Waals surface area contributed by atoms with Crippen molar-refractivity contribution < 1.29 is 14.3 Å². The van der Waals surface area contributed by atoms with Crippen LogP contribution in [0.4, 0.5) is 0 Å². The fourth-order valence-electron chi connectivity index (χ4n) is 1.95. The van der Waals surface area contributed by atoms with Crippen LogP contribution in [0.2, 0.25) is 0 Å². The Kier molecular flexibility index (Phi) is 3.19. The van der Waals surface area contributed by atoms with E-state index in [0.29, 0.717) is 24.9 Å². The molecule has 16 heavy (non-hydrogen) atoms. The molecule has 1 amide bonds. The molecule has 0 atom stereocenters. The van der Waals surface area contributed by atoms with Crippen molar-refractivity contribution in [2.45, 2.75) is 25.7 Å². The summed E-state index contributed by atoms with van der Waals surface area (Å²) in [5.74, 6) is 1.27. The highest BCUT2D eigenvalue weighted by Crippen LogP contribution is 2.26. The standard InChI is InChI=1S/C10H15N3O3/c1-7-11-12-10(16-7)8-2-4-13(5-3-8)9(15)6-14/h8,14H,2-6H2,1H3. The van der Waals surface area contributed by atoms with Crippen LogP contribution in [-0.4, -0.2) is 45.8 Å². The fraction of sp³-hybridized carbons (Fsp3) is 0.700. The Morgan fingerprint density at radius 3 is 2.69 bits per heavy atom. The molecule has 0 saturated carbocycles. The van der Waals surface area contributed by atoms with Crippen molar-refractivity contribution in [1.29, 1.82) is 0 Å². The average molecular weight is 225 g/mol. The molecule has 1 aromatic heterocycles. The Morgan fingerprint density at radius 2 is 2.19 bits per heavy atom. The highest BCUT2D eigenvalue weighted by molar-refractivity contribution is 5.77. The largest absolute Gasteiger partial charge is 0.425 e. The minimum atomic E-state index is -0.412. The van der Waals surface area contributed by atoms with Crippen molar-refractivity contribution in [3.05, 3.63) is 11.8 Å². The number of carbonyl (C=O) groups is 1. The summed E-state index contributed by atoms with van der Waals surface area (Å²) in [4.78, 5) is 12.9. The van der Waals surface area contributed by atoms with E-state index in [1.807, 2.05) is 0 Å². The van der Waals surface area contributed by atoms with Crippen molar-refractivity contribution >= 4 is 5.91 Å². The lowest BCUT2D eigenvalue weighted by molar-refractivity contribution is -0.135.